The molecule has 5 heteroatoms. The number of benzene rings is 1. The fraction of sp³-hybridized carbons (Fsp3) is 0.400. The van der Waals surface area contributed by atoms with E-state index in [0.717, 1.165) is 22.6 Å². The maximum Gasteiger partial charge on any atom is 0.241 e. The largest absolute Gasteiger partial charge is 0.334 e. The van der Waals surface area contributed by atoms with E-state index in [1.807, 2.05) is 35.0 Å². The fourth-order valence-electron chi connectivity index (χ4n) is 2.62. The van der Waals surface area contributed by atoms with Crippen molar-refractivity contribution in [2.75, 3.05) is 0 Å². The molecule has 0 aliphatic carbocycles. The van der Waals surface area contributed by atoms with Crippen molar-refractivity contribution in [3.05, 3.63) is 41.9 Å². The SMILES string of the molecule is NCc1ccc(-c2cn3c(n2)CC(C(F)F)CC3)cc1. The van der Waals surface area contributed by atoms with Gasteiger partial charge in [-0.25, -0.2) is 13.8 Å². The van der Waals surface area contributed by atoms with Gasteiger partial charge in [0.2, 0.25) is 6.43 Å². The van der Waals surface area contributed by atoms with Crippen LogP contribution in [-0.2, 0) is 19.5 Å². The van der Waals surface area contributed by atoms with E-state index in [2.05, 4.69) is 4.98 Å². The van der Waals surface area contributed by atoms with Gasteiger partial charge in [-0.1, -0.05) is 24.3 Å². The maximum absolute atomic E-state index is 12.8. The Balaban J connectivity index is 1.86. The molecule has 1 aromatic heterocycles. The molecule has 106 valence electrons. The van der Waals surface area contributed by atoms with E-state index in [1.165, 1.54) is 0 Å². The highest BCUT2D eigenvalue weighted by atomic mass is 19.3. The second-order valence-corrected chi connectivity index (χ2v) is 5.22. The summed E-state index contributed by atoms with van der Waals surface area (Å²) < 4.78 is 27.5. The normalized spacial score (nSPS) is 18.3. The van der Waals surface area contributed by atoms with Crippen LogP contribution in [0.1, 0.15) is 17.8 Å². The minimum absolute atomic E-state index is 0.360. The van der Waals surface area contributed by atoms with Crippen molar-refractivity contribution in [2.45, 2.75) is 32.4 Å². The van der Waals surface area contributed by atoms with Gasteiger partial charge in [-0.2, -0.15) is 0 Å². The Bertz CT molecular complexity index is 590. The number of fused-ring (bicyclic) bond motifs is 1. The predicted octanol–water partition coefficient (Wildman–Crippen LogP) is 2.84. The molecule has 0 amide bonds. The van der Waals surface area contributed by atoms with Crippen LogP contribution in [0.2, 0.25) is 0 Å². The zero-order chi connectivity index (χ0) is 14.1. The van der Waals surface area contributed by atoms with E-state index < -0.39 is 12.3 Å². The van der Waals surface area contributed by atoms with Crippen LogP contribution in [0.25, 0.3) is 11.3 Å². The molecular weight excluding hydrogens is 260 g/mol. The molecule has 20 heavy (non-hydrogen) atoms. The summed E-state index contributed by atoms with van der Waals surface area (Å²) in [6.45, 7) is 1.13. The Morgan fingerprint density at radius 1 is 1.30 bits per heavy atom. The van der Waals surface area contributed by atoms with Gasteiger partial charge in [-0.15, -0.1) is 0 Å². The van der Waals surface area contributed by atoms with Gasteiger partial charge in [0.15, 0.2) is 0 Å². The first-order valence-electron chi connectivity index (χ1n) is 6.81. The van der Waals surface area contributed by atoms with Crippen LogP contribution in [0, 0.1) is 5.92 Å². The quantitative estimate of drug-likeness (QED) is 0.937. The van der Waals surface area contributed by atoms with Gasteiger partial charge < -0.3 is 10.3 Å². The number of halogens is 2. The summed E-state index contributed by atoms with van der Waals surface area (Å²) in [5.41, 5.74) is 8.48. The predicted molar refractivity (Wildman–Crippen MR) is 73.4 cm³/mol. The first kappa shape index (κ1) is 13.2. The molecule has 0 radical (unpaired) electrons. The second kappa shape index (κ2) is 5.32. The monoisotopic (exact) mass is 277 g/mol. The Morgan fingerprint density at radius 3 is 2.70 bits per heavy atom. The van der Waals surface area contributed by atoms with Crippen LogP contribution in [-0.4, -0.2) is 16.0 Å². The van der Waals surface area contributed by atoms with Gasteiger partial charge in [-0.3, -0.25) is 0 Å². The molecule has 1 aromatic carbocycles. The Kier molecular flexibility index (Phi) is 3.53. The van der Waals surface area contributed by atoms with Crippen molar-refractivity contribution in [1.29, 1.82) is 0 Å². The third kappa shape index (κ3) is 2.45. The van der Waals surface area contributed by atoms with Gasteiger partial charge in [0, 0.05) is 37.2 Å². The van der Waals surface area contributed by atoms with Crippen LogP contribution in [0.4, 0.5) is 8.78 Å². The fourth-order valence-corrected chi connectivity index (χ4v) is 2.62. The summed E-state index contributed by atoms with van der Waals surface area (Å²) in [6, 6.07) is 7.88. The lowest BCUT2D eigenvalue weighted by Crippen LogP contribution is -2.24. The van der Waals surface area contributed by atoms with Gasteiger partial charge in [0.05, 0.1) is 5.69 Å². The van der Waals surface area contributed by atoms with Crippen LogP contribution < -0.4 is 5.73 Å². The zero-order valence-corrected chi connectivity index (χ0v) is 11.1. The van der Waals surface area contributed by atoms with Gasteiger partial charge in [0.25, 0.3) is 0 Å². The molecule has 1 unspecified atom stereocenters. The van der Waals surface area contributed by atoms with Crippen molar-refractivity contribution in [2.24, 2.45) is 11.7 Å². The molecule has 2 N–H and O–H groups in total. The van der Waals surface area contributed by atoms with Gasteiger partial charge in [0.1, 0.15) is 5.82 Å². The number of aromatic nitrogens is 2. The maximum atomic E-state index is 12.8. The molecule has 3 rings (SSSR count). The molecular formula is C15H17F2N3. The molecule has 1 aliphatic rings. The highest BCUT2D eigenvalue weighted by Gasteiger charge is 2.27. The molecule has 0 spiro atoms. The van der Waals surface area contributed by atoms with Crippen molar-refractivity contribution >= 4 is 0 Å². The summed E-state index contributed by atoms with van der Waals surface area (Å²) in [4.78, 5) is 4.51. The van der Waals surface area contributed by atoms with Gasteiger partial charge in [-0.05, 0) is 12.0 Å². The van der Waals surface area contributed by atoms with Crippen molar-refractivity contribution < 1.29 is 8.78 Å². The Morgan fingerprint density at radius 2 is 2.05 bits per heavy atom. The van der Waals surface area contributed by atoms with Crippen molar-refractivity contribution in [3.8, 4) is 11.3 Å². The number of alkyl halides is 2. The third-order valence-electron chi connectivity index (χ3n) is 3.89. The van der Waals surface area contributed by atoms with E-state index in [9.17, 15) is 8.78 Å². The van der Waals surface area contributed by atoms with Crippen molar-refractivity contribution in [1.82, 2.24) is 9.55 Å². The number of hydrogen-bond donors (Lipinski definition) is 1. The van der Waals surface area contributed by atoms with Crippen LogP contribution in [0.5, 0.6) is 0 Å². The number of aryl methyl sites for hydroxylation is 1. The summed E-state index contributed by atoms with van der Waals surface area (Å²) >= 11 is 0. The number of rotatable bonds is 3. The summed E-state index contributed by atoms with van der Waals surface area (Å²) in [7, 11) is 0. The standard InChI is InChI=1S/C15H17F2N3/c16-15(17)12-5-6-20-9-13(19-14(20)7-12)11-3-1-10(8-18)2-4-11/h1-4,9,12,15H,5-8,18H2. The molecule has 2 heterocycles. The van der Waals surface area contributed by atoms with E-state index in [-0.39, 0.29) is 0 Å². The third-order valence-corrected chi connectivity index (χ3v) is 3.89. The molecule has 1 atom stereocenters. The number of hydrogen-bond acceptors (Lipinski definition) is 2. The Hall–Kier alpha value is -1.75. The highest BCUT2D eigenvalue weighted by molar-refractivity contribution is 5.59. The van der Waals surface area contributed by atoms with Gasteiger partial charge >= 0.3 is 0 Å². The first-order chi connectivity index (χ1) is 9.67. The van der Waals surface area contributed by atoms with E-state index in [0.29, 0.717) is 25.9 Å². The summed E-state index contributed by atoms with van der Waals surface area (Å²) in [5.74, 6) is 0.205. The number of nitrogens with two attached hydrogens (primary N) is 1. The number of nitrogens with zero attached hydrogens (tertiary/aromatic N) is 2. The average molecular weight is 277 g/mol. The molecule has 2 aromatic rings. The summed E-state index contributed by atoms with van der Waals surface area (Å²) in [6.07, 6.45) is 0.576. The molecule has 0 fully saturated rings. The zero-order valence-electron chi connectivity index (χ0n) is 11.1. The lowest BCUT2D eigenvalue weighted by Gasteiger charge is -2.22. The van der Waals surface area contributed by atoms with E-state index in [1.54, 1.807) is 0 Å². The molecule has 1 aliphatic heterocycles. The minimum Gasteiger partial charge on any atom is -0.334 e. The lowest BCUT2D eigenvalue weighted by atomic mass is 9.99. The molecule has 3 nitrogen and oxygen atoms in total. The van der Waals surface area contributed by atoms with Crippen LogP contribution in [0.15, 0.2) is 30.5 Å². The van der Waals surface area contributed by atoms with Crippen LogP contribution >= 0.6 is 0 Å². The topological polar surface area (TPSA) is 43.8 Å². The highest BCUT2D eigenvalue weighted by Crippen LogP contribution is 2.28. The summed E-state index contributed by atoms with van der Waals surface area (Å²) in [5, 5.41) is 0. The first-order valence-corrected chi connectivity index (χ1v) is 6.81. The molecule has 0 saturated carbocycles. The number of imidazole rings is 1. The second-order valence-electron chi connectivity index (χ2n) is 5.22. The van der Waals surface area contributed by atoms with E-state index in [4.69, 9.17) is 5.73 Å². The van der Waals surface area contributed by atoms with Crippen molar-refractivity contribution in [3.63, 3.8) is 0 Å². The smallest absolute Gasteiger partial charge is 0.241 e. The van der Waals surface area contributed by atoms with Crippen LogP contribution in [0.3, 0.4) is 0 Å². The minimum atomic E-state index is -2.26. The molecule has 0 saturated heterocycles. The van der Waals surface area contributed by atoms with E-state index >= 15 is 0 Å². The molecule has 0 bridgehead atoms. The Labute approximate surface area is 116 Å². The average Bonchev–Trinajstić information content (AvgIpc) is 2.90. The lowest BCUT2D eigenvalue weighted by molar-refractivity contribution is 0.0621.